The predicted molar refractivity (Wildman–Crippen MR) is 62.5 cm³/mol. The van der Waals surface area contributed by atoms with Crippen molar-refractivity contribution < 1.29 is 13.2 Å². The van der Waals surface area contributed by atoms with Crippen LogP contribution in [0.3, 0.4) is 0 Å². The molecule has 0 aromatic heterocycles. The van der Waals surface area contributed by atoms with Gasteiger partial charge in [0.15, 0.2) is 9.84 Å². The van der Waals surface area contributed by atoms with Gasteiger partial charge in [-0.3, -0.25) is 0 Å². The number of ether oxygens (including phenoxy) is 1. The van der Waals surface area contributed by atoms with E-state index < -0.39 is 14.7 Å². The van der Waals surface area contributed by atoms with Crippen LogP contribution in [0.5, 0.6) is 0 Å². The quantitative estimate of drug-likeness (QED) is 0.780. The number of alkyl halides is 1. The minimum atomic E-state index is -3.12. The lowest BCUT2D eigenvalue weighted by Gasteiger charge is -2.35. The fraction of sp³-hybridized carbons (Fsp3) is 0.455. The molecule has 0 N–H and O–H groups in total. The summed E-state index contributed by atoms with van der Waals surface area (Å²) in [7, 11) is -3.12. The van der Waals surface area contributed by atoms with E-state index >= 15 is 0 Å². The van der Waals surface area contributed by atoms with Gasteiger partial charge < -0.3 is 4.74 Å². The fourth-order valence-corrected chi connectivity index (χ4v) is 2.74. The fourth-order valence-electron chi connectivity index (χ4n) is 1.58. The zero-order valence-corrected chi connectivity index (χ0v) is 10.5. The molecule has 2 rings (SSSR count). The molecule has 0 spiro atoms. The molecule has 88 valence electrons. The molecule has 1 aromatic rings. The van der Waals surface area contributed by atoms with Crippen molar-refractivity contribution in [2.45, 2.75) is 16.7 Å². The van der Waals surface area contributed by atoms with Crippen molar-refractivity contribution >= 4 is 21.4 Å². The zero-order chi connectivity index (χ0) is 11.8. The Balaban J connectivity index is 2.30. The lowest BCUT2D eigenvalue weighted by atomic mass is 9.97. The summed E-state index contributed by atoms with van der Waals surface area (Å²) in [6.07, 6.45) is 0. The van der Waals surface area contributed by atoms with E-state index in [4.69, 9.17) is 16.3 Å². The van der Waals surface area contributed by atoms with Crippen LogP contribution < -0.4 is 0 Å². The average Bonchev–Trinajstić information content (AvgIpc) is 2.26. The molecule has 1 fully saturated rings. The molecule has 1 heterocycles. The maximum atomic E-state index is 11.6. The summed E-state index contributed by atoms with van der Waals surface area (Å²) in [5, 5.41) is 0. The zero-order valence-electron chi connectivity index (χ0n) is 8.94. The average molecular weight is 261 g/mol. The van der Waals surface area contributed by atoms with Gasteiger partial charge >= 0.3 is 0 Å². The molecule has 0 radical (unpaired) electrons. The Kier molecular flexibility index (Phi) is 2.99. The normalized spacial score (nSPS) is 19.1. The Morgan fingerprint density at radius 3 is 2.25 bits per heavy atom. The number of sulfone groups is 1. The summed E-state index contributed by atoms with van der Waals surface area (Å²) in [4.78, 5) is -0.117. The van der Waals surface area contributed by atoms with Crippen LogP contribution in [0.2, 0.25) is 0 Å². The Labute approximate surface area is 100 Å². The van der Waals surface area contributed by atoms with Crippen molar-refractivity contribution in [1.29, 1.82) is 0 Å². The van der Waals surface area contributed by atoms with Crippen molar-refractivity contribution in [3.63, 3.8) is 0 Å². The summed E-state index contributed by atoms with van der Waals surface area (Å²) in [5.74, 6) is 0.113. The summed E-state index contributed by atoms with van der Waals surface area (Å²) in [6.45, 7) is 2.59. The first-order chi connectivity index (χ1) is 7.48. The van der Waals surface area contributed by atoms with Crippen LogP contribution in [0.4, 0.5) is 0 Å². The van der Waals surface area contributed by atoms with Crippen molar-refractivity contribution in [2.24, 2.45) is 0 Å². The van der Waals surface area contributed by atoms with Crippen molar-refractivity contribution in [3.05, 3.63) is 29.8 Å². The van der Waals surface area contributed by atoms with Crippen LogP contribution in [0.15, 0.2) is 29.2 Å². The summed E-state index contributed by atoms with van der Waals surface area (Å²) >= 11 is 6.26. The smallest absolute Gasteiger partial charge is 0.178 e. The first kappa shape index (κ1) is 11.9. The van der Waals surface area contributed by atoms with E-state index in [1.54, 1.807) is 31.2 Å². The van der Waals surface area contributed by atoms with Crippen LogP contribution in [-0.2, 0) is 19.4 Å². The lowest BCUT2D eigenvalue weighted by Crippen LogP contribution is -2.41. The van der Waals surface area contributed by atoms with Gasteiger partial charge in [0.1, 0.15) is 4.87 Å². The molecule has 0 bridgehead atoms. The second-order valence-corrected chi connectivity index (χ2v) is 6.89. The molecule has 1 aromatic carbocycles. The molecule has 0 aliphatic carbocycles. The van der Waals surface area contributed by atoms with Gasteiger partial charge in [0, 0.05) is 0 Å². The van der Waals surface area contributed by atoms with E-state index in [1.807, 2.05) is 0 Å². The molecular weight excluding hydrogens is 248 g/mol. The van der Waals surface area contributed by atoms with Crippen LogP contribution in [0, 0.1) is 0 Å². The SMILES string of the molecule is CCS(=O)(=O)c1ccc(C2(Cl)COC2)cc1. The van der Waals surface area contributed by atoms with Crippen LogP contribution in [-0.4, -0.2) is 27.4 Å². The van der Waals surface area contributed by atoms with Gasteiger partial charge in [-0.25, -0.2) is 8.42 Å². The van der Waals surface area contributed by atoms with Crippen LogP contribution >= 0.6 is 11.6 Å². The van der Waals surface area contributed by atoms with Gasteiger partial charge in [0.05, 0.1) is 23.9 Å². The molecule has 1 aliphatic rings. The molecule has 0 amide bonds. The molecule has 16 heavy (non-hydrogen) atoms. The topological polar surface area (TPSA) is 43.4 Å². The van der Waals surface area contributed by atoms with E-state index in [9.17, 15) is 8.42 Å². The molecule has 5 heteroatoms. The molecule has 0 atom stereocenters. The maximum absolute atomic E-state index is 11.6. The van der Waals surface area contributed by atoms with E-state index in [0.717, 1.165) is 5.56 Å². The summed E-state index contributed by atoms with van der Waals surface area (Å²) in [6, 6.07) is 6.74. The number of benzene rings is 1. The minimum absolute atomic E-state index is 0.113. The van der Waals surface area contributed by atoms with E-state index in [0.29, 0.717) is 18.1 Å². The van der Waals surface area contributed by atoms with E-state index in [1.165, 1.54) is 0 Å². The highest BCUT2D eigenvalue weighted by Gasteiger charge is 2.38. The second-order valence-electron chi connectivity index (χ2n) is 3.89. The lowest BCUT2D eigenvalue weighted by molar-refractivity contribution is -0.0152. The van der Waals surface area contributed by atoms with Crippen molar-refractivity contribution in [3.8, 4) is 0 Å². The Hall–Kier alpha value is -0.580. The van der Waals surface area contributed by atoms with Gasteiger partial charge in [-0.05, 0) is 17.7 Å². The molecule has 0 saturated carbocycles. The van der Waals surface area contributed by atoms with Gasteiger partial charge in [0.25, 0.3) is 0 Å². The number of halogens is 1. The summed E-state index contributed by atoms with van der Waals surface area (Å²) in [5.41, 5.74) is 0.912. The Bertz CT molecular complexity index is 474. The second kappa shape index (κ2) is 4.02. The third-order valence-corrected chi connectivity index (χ3v) is 4.96. The molecule has 0 unspecified atom stereocenters. The summed E-state index contributed by atoms with van der Waals surface area (Å²) < 4.78 is 28.2. The first-order valence-corrected chi connectivity index (χ1v) is 7.11. The van der Waals surface area contributed by atoms with Crippen molar-refractivity contribution in [2.75, 3.05) is 19.0 Å². The molecular formula is C11H13ClO3S. The standard InChI is InChI=1S/C11H13ClO3S/c1-2-16(13,14)10-5-3-9(4-6-10)11(12)7-15-8-11/h3-6H,2,7-8H2,1H3. The van der Waals surface area contributed by atoms with Gasteiger partial charge in [-0.1, -0.05) is 19.1 Å². The molecule has 3 nitrogen and oxygen atoms in total. The molecule has 1 saturated heterocycles. The van der Waals surface area contributed by atoms with Gasteiger partial charge in [-0.2, -0.15) is 0 Å². The van der Waals surface area contributed by atoms with Crippen LogP contribution in [0.1, 0.15) is 12.5 Å². The monoisotopic (exact) mass is 260 g/mol. The van der Waals surface area contributed by atoms with Crippen molar-refractivity contribution in [1.82, 2.24) is 0 Å². The third kappa shape index (κ3) is 1.97. The Morgan fingerprint density at radius 1 is 1.31 bits per heavy atom. The molecule has 1 aliphatic heterocycles. The number of hydrogen-bond acceptors (Lipinski definition) is 3. The first-order valence-electron chi connectivity index (χ1n) is 5.08. The number of hydrogen-bond donors (Lipinski definition) is 0. The van der Waals surface area contributed by atoms with E-state index in [2.05, 4.69) is 0 Å². The number of rotatable bonds is 3. The Morgan fingerprint density at radius 2 is 1.88 bits per heavy atom. The van der Waals surface area contributed by atoms with E-state index in [-0.39, 0.29) is 5.75 Å². The minimum Gasteiger partial charge on any atom is -0.377 e. The highest BCUT2D eigenvalue weighted by atomic mass is 35.5. The van der Waals surface area contributed by atoms with Gasteiger partial charge in [-0.15, -0.1) is 11.6 Å². The maximum Gasteiger partial charge on any atom is 0.178 e. The van der Waals surface area contributed by atoms with Crippen LogP contribution in [0.25, 0.3) is 0 Å². The largest absolute Gasteiger partial charge is 0.377 e. The highest BCUT2D eigenvalue weighted by molar-refractivity contribution is 7.91. The predicted octanol–water partition coefficient (Wildman–Crippen LogP) is 1.94. The third-order valence-electron chi connectivity index (χ3n) is 2.77. The van der Waals surface area contributed by atoms with Gasteiger partial charge in [0.2, 0.25) is 0 Å². The highest BCUT2D eigenvalue weighted by Crippen LogP contribution is 2.36.